The summed E-state index contributed by atoms with van der Waals surface area (Å²) in [6.45, 7) is 0.786. The minimum absolute atomic E-state index is 0.0862. The highest BCUT2D eigenvalue weighted by Crippen LogP contribution is 2.18. The molecule has 1 aliphatic heterocycles. The molecule has 0 radical (unpaired) electrons. The number of aliphatic imine (C=N–C) groups is 1. The Labute approximate surface area is 117 Å². The Hall–Kier alpha value is -2.30. The third-order valence-electron chi connectivity index (χ3n) is 3.72. The van der Waals surface area contributed by atoms with Gasteiger partial charge in [-0.05, 0) is 31.4 Å². The SMILES string of the molecule is Cn1c(N)c(C2=NCCCC2)c(=O)n1-c1ccccc1. The van der Waals surface area contributed by atoms with Crippen LogP contribution in [0.4, 0.5) is 5.82 Å². The van der Waals surface area contributed by atoms with E-state index in [4.69, 9.17) is 5.73 Å². The number of nitrogens with zero attached hydrogens (tertiary/aromatic N) is 3. The van der Waals surface area contributed by atoms with Crippen LogP contribution in [0.5, 0.6) is 0 Å². The summed E-state index contributed by atoms with van der Waals surface area (Å²) in [7, 11) is 1.80. The number of anilines is 1. The van der Waals surface area contributed by atoms with Gasteiger partial charge in [-0.1, -0.05) is 18.2 Å². The fourth-order valence-corrected chi connectivity index (χ4v) is 2.65. The highest BCUT2D eigenvalue weighted by molar-refractivity contribution is 6.04. The summed E-state index contributed by atoms with van der Waals surface area (Å²) in [5, 5.41) is 0. The van der Waals surface area contributed by atoms with Gasteiger partial charge in [0.25, 0.3) is 5.56 Å². The molecule has 0 saturated carbocycles. The largest absolute Gasteiger partial charge is 0.383 e. The van der Waals surface area contributed by atoms with Crippen molar-refractivity contribution >= 4 is 11.5 Å². The molecule has 3 rings (SSSR count). The van der Waals surface area contributed by atoms with Gasteiger partial charge >= 0.3 is 0 Å². The van der Waals surface area contributed by atoms with Crippen LogP contribution < -0.4 is 11.3 Å². The summed E-state index contributed by atoms with van der Waals surface area (Å²) in [5.74, 6) is 0.486. The minimum atomic E-state index is -0.0862. The number of rotatable bonds is 2. The van der Waals surface area contributed by atoms with Gasteiger partial charge in [0, 0.05) is 13.6 Å². The summed E-state index contributed by atoms with van der Waals surface area (Å²) in [6.07, 6.45) is 2.99. The fraction of sp³-hybridized carbons (Fsp3) is 0.333. The maximum Gasteiger partial charge on any atom is 0.282 e. The molecule has 0 amide bonds. The van der Waals surface area contributed by atoms with Crippen LogP contribution in [0.3, 0.4) is 0 Å². The van der Waals surface area contributed by atoms with E-state index >= 15 is 0 Å². The number of aromatic nitrogens is 2. The zero-order valence-corrected chi connectivity index (χ0v) is 11.5. The molecule has 2 N–H and O–H groups in total. The molecule has 104 valence electrons. The van der Waals surface area contributed by atoms with E-state index in [0.717, 1.165) is 37.2 Å². The molecule has 0 spiro atoms. The lowest BCUT2D eigenvalue weighted by molar-refractivity contribution is 0.654. The first-order chi connectivity index (χ1) is 9.70. The van der Waals surface area contributed by atoms with Gasteiger partial charge in [-0.25, -0.2) is 4.68 Å². The van der Waals surface area contributed by atoms with E-state index in [1.54, 1.807) is 16.4 Å². The molecule has 1 aromatic carbocycles. The zero-order valence-electron chi connectivity index (χ0n) is 11.5. The van der Waals surface area contributed by atoms with Crippen LogP contribution >= 0.6 is 0 Å². The quantitative estimate of drug-likeness (QED) is 0.903. The Morgan fingerprint density at radius 3 is 2.60 bits per heavy atom. The molecule has 1 aliphatic rings. The first-order valence-corrected chi connectivity index (χ1v) is 6.86. The smallest absolute Gasteiger partial charge is 0.282 e. The third-order valence-corrected chi connectivity index (χ3v) is 3.72. The van der Waals surface area contributed by atoms with E-state index in [0.29, 0.717) is 11.4 Å². The van der Waals surface area contributed by atoms with Crippen molar-refractivity contribution in [3.05, 3.63) is 46.2 Å². The van der Waals surface area contributed by atoms with E-state index in [2.05, 4.69) is 4.99 Å². The molecule has 5 nitrogen and oxygen atoms in total. The predicted molar refractivity (Wildman–Crippen MR) is 80.7 cm³/mol. The van der Waals surface area contributed by atoms with Crippen molar-refractivity contribution in [2.75, 3.05) is 12.3 Å². The summed E-state index contributed by atoms with van der Waals surface area (Å²) >= 11 is 0. The van der Waals surface area contributed by atoms with Crippen molar-refractivity contribution in [1.29, 1.82) is 0 Å². The molecule has 2 aromatic rings. The molecular weight excluding hydrogens is 252 g/mol. The van der Waals surface area contributed by atoms with Crippen molar-refractivity contribution in [2.24, 2.45) is 12.0 Å². The van der Waals surface area contributed by atoms with Gasteiger partial charge in [-0.2, -0.15) is 0 Å². The molecule has 5 heteroatoms. The second-order valence-corrected chi connectivity index (χ2v) is 5.02. The van der Waals surface area contributed by atoms with Gasteiger partial charge < -0.3 is 5.73 Å². The summed E-state index contributed by atoms with van der Waals surface area (Å²) in [5.41, 5.74) is 8.28. The Morgan fingerprint density at radius 1 is 1.20 bits per heavy atom. The molecule has 1 aromatic heterocycles. The van der Waals surface area contributed by atoms with Gasteiger partial charge in [0.2, 0.25) is 0 Å². The van der Waals surface area contributed by atoms with Gasteiger partial charge in [0.15, 0.2) is 0 Å². The highest BCUT2D eigenvalue weighted by Gasteiger charge is 2.22. The molecule has 0 unspecified atom stereocenters. The van der Waals surface area contributed by atoms with E-state index < -0.39 is 0 Å². The van der Waals surface area contributed by atoms with Crippen molar-refractivity contribution in [3.63, 3.8) is 0 Å². The number of nitrogen functional groups attached to an aromatic ring is 1. The van der Waals surface area contributed by atoms with Crippen LogP contribution in [0, 0.1) is 0 Å². The van der Waals surface area contributed by atoms with Crippen LogP contribution in [0.2, 0.25) is 0 Å². The van der Waals surface area contributed by atoms with E-state index in [1.165, 1.54) is 0 Å². The average molecular weight is 270 g/mol. The van der Waals surface area contributed by atoms with Crippen LogP contribution in [0.25, 0.3) is 5.69 Å². The highest BCUT2D eigenvalue weighted by atomic mass is 16.1. The first-order valence-electron chi connectivity index (χ1n) is 6.86. The standard InChI is InChI=1S/C15H18N4O/c1-18-14(16)13(12-9-5-6-10-17-12)15(20)19(18)11-7-3-2-4-8-11/h2-4,7-8H,5-6,9-10,16H2,1H3. The topological polar surface area (TPSA) is 65.3 Å². The number of nitrogens with two attached hydrogens (primary N) is 1. The third kappa shape index (κ3) is 1.95. The fourth-order valence-electron chi connectivity index (χ4n) is 2.65. The van der Waals surface area contributed by atoms with Gasteiger partial charge in [0.1, 0.15) is 11.4 Å². The molecule has 0 atom stereocenters. The summed E-state index contributed by atoms with van der Waals surface area (Å²) in [4.78, 5) is 17.2. The molecule has 2 heterocycles. The minimum Gasteiger partial charge on any atom is -0.383 e. The van der Waals surface area contributed by atoms with Crippen LogP contribution in [0.15, 0.2) is 40.1 Å². The summed E-state index contributed by atoms with van der Waals surface area (Å²) in [6, 6.07) is 9.53. The van der Waals surface area contributed by atoms with Crippen LogP contribution in [0.1, 0.15) is 24.8 Å². The second kappa shape index (κ2) is 5.00. The number of benzene rings is 1. The number of para-hydroxylation sites is 1. The molecular formula is C15H18N4O. The lowest BCUT2D eigenvalue weighted by Crippen LogP contribution is -2.23. The first kappa shape index (κ1) is 12.7. The molecule has 0 aliphatic carbocycles. The second-order valence-electron chi connectivity index (χ2n) is 5.02. The molecule has 0 bridgehead atoms. The van der Waals surface area contributed by atoms with Gasteiger partial charge in [0.05, 0.1) is 11.4 Å². The van der Waals surface area contributed by atoms with Gasteiger partial charge in [-0.15, -0.1) is 0 Å². The average Bonchev–Trinajstić information content (AvgIpc) is 2.71. The number of hydrogen-bond acceptors (Lipinski definition) is 3. The normalized spacial score (nSPS) is 15.2. The molecule has 0 fully saturated rings. The Morgan fingerprint density at radius 2 is 1.95 bits per heavy atom. The zero-order chi connectivity index (χ0) is 14.1. The van der Waals surface area contributed by atoms with Crippen LogP contribution in [-0.4, -0.2) is 21.6 Å². The van der Waals surface area contributed by atoms with Gasteiger partial charge in [-0.3, -0.25) is 14.5 Å². The number of hydrogen-bond donors (Lipinski definition) is 1. The Kier molecular flexibility index (Phi) is 3.18. The van der Waals surface area contributed by atoms with E-state index in [9.17, 15) is 4.79 Å². The van der Waals surface area contributed by atoms with E-state index in [1.807, 2.05) is 30.3 Å². The maximum absolute atomic E-state index is 12.7. The predicted octanol–water partition coefficient (Wildman–Crippen LogP) is 1.73. The van der Waals surface area contributed by atoms with Crippen molar-refractivity contribution < 1.29 is 0 Å². The lowest BCUT2D eigenvalue weighted by Gasteiger charge is -2.10. The molecule has 20 heavy (non-hydrogen) atoms. The van der Waals surface area contributed by atoms with Crippen molar-refractivity contribution in [2.45, 2.75) is 19.3 Å². The Balaban J connectivity index is 2.20. The maximum atomic E-state index is 12.7. The van der Waals surface area contributed by atoms with Crippen LogP contribution in [-0.2, 0) is 7.05 Å². The lowest BCUT2D eigenvalue weighted by atomic mass is 10.0. The summed E-state index contributed by atoms with van der Waals surface area (Å²) < 4.78 is 3.30. The van der Waals surface area contributed by atoms with E-state index in [-0.39, 0.29) is 5.56 Å². The Bertz CT molecular complexity index is 709. The van der Waals surface area contributed by atoms with Crippen molar-refractivity contribution in [1.82, 2.24) is 9.36 Å². The van der Waals surface area contributed by atoms with Crippen molar-refractivity contribution in [3.8, 4) is 5.69 Å². The molecule has 0 saturated heterocycles. The monoisotopic (exact) mass is 270 g/mol.